The Labute approximate surface area is 139 Å². The summed E-state index contributed by atoms with van der Waals surface area (Å²) in [7, 11) is 0. The normalized spacial score (nSPS) is 13.8. The zero-order valence-corrected chi connectivity index (χ0v) is 13.5. The van der Waals surface area contributed by atoms with Gasteiger partial charge in [-0.1, -0.05) is 0 Å². The Morgan fingerprint density at radius 1 is 1.25 bits per heavy atom. The summed E-state index contributed by atoms with van der Waals surface area (Å²) >= 11 is 0. The van der Waals surface area contributed by atoms with Gasteiger partial charge in [-0.15, -0.1) is 0 Å². The topological polar surface area (TPSA) is 61.9 Å². The molecule has 3 aromatic rings. The highest BCUT2D eigenvalue weighted by atomic mass is 16.5. The van der Waals surface area contributed by atoms with E-state index in [1.807, 2.05) is 33.5 Å². The minimum Gasteiger partial charge on any atom is -0.494 e. The minimum atomic E-state index is 0.0542. The summed E-state index contributed by atoms with van der Waals surface area (Å²) in [6, 6.07) is 5.60. The third kappa shape index (κ3) is 2.91. The molecule has 0 spiro atoms. The van der Waals surface area contributed by atoms with E-state index in [1.54, 1.807) is 12.5 Å². The molecule has 0 amide bonds. The molecule has 124 valence electrons. The molecule has 2 aromatic heterocycles. The number of hydrogen-bond acceptors (Lipinski definition) is 4. The highest BCUT2D eigenvalue weighted by Gasteiger charge is 2.14. The Morgan fingerprint density at radius 3 is 3.08 bits per heavy atom. The summed E-state index contributed by atoms with van der Waals surface area (Å²) in [4.78, 5) is 21.3. The first-order valence-electron chi connectivity index (χ1n) is 8.43. The van der Waals surface area contributed by atoms with Gasteiger partial charge in [0.15, 0.2) is 0 Å². The minimum absolute atomic E-state index is 0.0542. The number of aromatic nitrogens is 4. The van der Waals surface area contributed by atoms with Gasteiger partial charge in [-0.25, -0.2) is 9.97 Å². The van der Waals surface area contributed by atoms with Crippen LogP contribution in [0.15, 0.2) is 41.7 Å². The van der Waals surface area contributed by atoms with Crippen molar-refractivity contribution in [3.63, 3.8) is 0 Å². The molecule has 0 bridgehead atoms. The zero-order chi connectivity index (χ0) is 16.4. The van der Waals surface area contributed by atoms with Crippen LogP contribution in [-0.2, 0) is 19.5 Å². The third-order valence-electron chi connectivity index (χ3n) is 4.43. The van der Waals surface area contributed by atoms with Gasteiger partial charge in [-0.2, -0.15) is 0 Å². The smallest absolute Gasteiger partial charge is 0.261 e. The Kier molecular flexibility index (Phi) is 4.02. The van der Waals surface area contributed by atoms with Crippen molar-refractivity contribution in [2.24, 2.45) is 0 Å². The molecule has 0 atom stereocenters. The molecule has 6 nitrogen and oxygen atoms in total. The van der Waals surface area contributed by atoms with Crippen LogP contribution in [-0.4, -0.2) is 25.7 Å². The van der Waals surface area contributed by atoms with Gasteiger partial charge in [0, 0.05) is 31.9 Å². The highest BCUT2D eigenvalue weighted by molar-refractivity contribution is 5.79. The van der Waals surface area contributed by atoms with Crippen LogP contribution >= 0.6 is 0 Å². The quantitative estimate of drug-likeness (QED) is 0.676. The highest BCUT2D eigenvalue weighted by Crippen LogP contribution is 2.19. The van der Waals surface area contributed by atoms with Crippen molar-refractivity contribution >= 4 is 10.9 Å². The Hall–Kier alpha value is -2.63. The van der Waals surface area contributed by atoms with E-state index >= 15 is 0 Å². The van der Waals surface area contributed by atoms with Crippen LogP contribution < -0.4 is 10.3 Å². The molecule has 1 aliphatic heterocycles. The van der Waals surface area contributed by atoms with E-state index in [0.717, 1.165) is 55.9 Å². The SMILES string of the molecule is O=c1c2cc(OCCCn3ccnc3)ccc2nc2n1CCCC2. The molecule has 0 unspecified atom stereocenters. The molecule has 1 aromatic carbocycles. The summed E-state index contributed by atoms with van der Waals surface area (Å²) in [5.41, 5.74) is 0.817. The number of aryl methyl sites for hydroxylation is 2. The van der Waals surface area contributed by atoms with Crippen LogP contribution in [0.3, 0.4) is 0 Å². The molecule has 0 N–H and O–H groups in total. The van der Waals surface area contributed by atoms with Crippen LogP contribution in [0, 0.1) is 0 Å². The molecule has 0 aliphatic carbocycles. The maximum absolute atomic E-state index is 12.7. The van der Waals surface area contributed by atoms with Crippen LogP contribution in [0.4, 0.5) is 0 Å². The number of fused-ring (bicyclic) bond motifs is 2. The molecule has 0 radical (unpaired) electrons. The number of benzene rings is 1. The van der Waals surface area contributed by atoms with Gasteiger partial charge in [0.05, 0.1) is 23.8 Å². The molecular formula is C18H20N4O2. The second kappa shape index (κ2) is 6.47. The summed E-state index contributed by atoms with van der Waals surface area (Å²) in [5.74, 6) is 1.64. The van der Waals surface area contributed by atoms with Gasteiger partial charge in [-0.05, 0) is 37.5 Å². The monoisotopic (exact) mass is 324 g/mol. The van der Waals surface area contributed by atoms with Crippen molar-refractivity contribution in [3.8, 4) is 5.75 Å². The van der Waals surface area contributed by atoms with Crippen LogP contribution in [0.25, 0.3) is 10.9 Å². The standard InChI is InChI=1S/C18H20N4O2/c23-18-15-12-14(24-11-3-8-21-10-7-19-13-21)5-6-16(15)20-17-4-1-2-9-22(17)18/h5-7,10,12-13H,1-4,8-9,11H2. The summed E-state index contributed by atoms with van der Waals surface area (Å²) in [6.45, 7) is 2.24. The molecule has 0 fully saturated rings. The predicted molar refractivity (Wildman–Crippen MR) is 91.3 cm³/mol. The van der Waals surface area contributed by atoms with E-state index in [0.29, 0.717) is 12.0 Å². The first kappa shape index (κ1) is 14.9. The number of hydrogen-bond donors (Lipinski definition) is 0. The fraction of sp³-hybridized carbons (Fsp3) is 0.389. The van der Waals surface area contributed by atoms with Crippen molar-refractivity contribution in [1.82, 2.24) is 19.1 Å². The Balaban J connectivity index is 1.50. The van der Waals surface area contributed by atoms with Crippen LogP contribution in [0.1, 0.15) is 25.1 Å². The van der Waals surface area contributed by atoms with E-state index in [-0.39, 0.29) is 5.56 Å². The molecule has 6 heteroatoms. The van der Waals surface area contributed by atoms with Gasteiger partial charge in [0.2, 0.25) is 0 Å². The fourth-order valence-electron chi connectivity index (χ4n) is 3.17. The first-order valence-corrected chi connectivity index (χ1v) is 8.43. The van der Waals surface area contributed by atoms with Crippen molar-refractivity contribution in [2.45, 2.75) is 38.8 Å². The lowest BCUT2D eigenvalue weighted by Gasteiger charge is -2.18. The maximum Gasteiger partial charge on any atom is 0.261 e. The largest absolute Gasteiger partial charge is 0.494 e. The number of ether oxygens (including phenoxy) is 1. The van der Waals surface area contributed by atoms with Gasteiger partial charge >= 0.3 is 0 Å². The lowest BCUT2D eigenvalue weighted by Crippen LogP contribution is -2.28. The number of imidazole rings is 1. The van der Waals surface area contributed by atoms with Crippen molar-refractivity contribution in [2.75, 3.05) is 6.61 Å². The summed E-state index contributed by atoms with van der Waals surface area (Å²) in [6.07, 6.45) is 9.43. The van der Waals surface area contributed by atoms with E-state index in [9.17, 15) is 4.79 Å². The van der Waals surface area contributed by atoms with Crippen LogP contribution in [0.2, 0.25) is 0 Å². The van der Waals surface area contributed by atoms with Crippen molar-refractivity contribution in [3.05, 3.63) is 53.1 Å². The summed E-state index contributed by atoms with van der Waals surface area (Å²) in [5, 5.41) is 0.646. The van der Waals surface area contributed by atoms with E-state index in [1.165, 1.54) is 0 Å². The average Bonchev–Trinajstić information content (AvgIpc) is 3.13. The van der Waals surface area contributed by atoms with Crippen molar-refractivity contribution < 1.29 is 4.74 Å². The predicted octanol–water partition coefficient (Wildman–Crippen LogP) is 2.40. The molecule has 1 aliphatic rings. The van der Waals surface area contributed by atoms with E-state index < -0.39 is 0 Å². The number of rotatable bonds is 5. The lowest BCUT2D eigenvalue weighted by atomic mass is 10.1. The van der Waals surface area contributed by atoms with Gasteiger partial charge in [0.1, 0.15) is 11.6 Å². The van der Waals surface area contributed by atoms with E-state index in [4.69, 9.17) is 4.74 Å². The van der Waals surface area contributed by atoms with Crippen LogP contribution in [0.5, 0.6) is 5.75 Å². The molecular weight excluding hydrogens is 304 g/mol. The Morgan fingerprint density at radius 2 is 2.21 bits per heavy atom. The van der Waals surface area contributed by atoms with E-state index in [2.05, 4.69) is 9.97 Å². The molecule has 0 saturated heterocycles. The third-order valence-corrected chi connectivity index (χ3v) is 4.43. The Bertz CT molecular complexity index is 899. The zero-order valence-electron chi connectivity index (χ0n) is 13.5. The maximum atomic E-state index is 12.7. The molecule has 0 saturated carbocycles. The lowest BCUT2D eigenvalue weighted by molar-refractivity contribution is 0.302. The molecule has 3 heterocycles. The van der Waals surface area contributed by atoms with Gasteiger partial charge < -0.3 is 9.30 Å². The average molecular weight is 324 g/mol. The second-order valence-electron chi connectivity index (χ2n) is 6.12. The second-order valence-corrected chi connectivity index (χ2v) is 6.12. The molecule has 24 heavy (non-hydrogen) atoms. The fourth-order valence-corrected chi connectivity index (χ4v) is 3.17. The van der Waals surface area contributed by atoms with Crippen molar-refractivity contribution in [1.29, 1.82) is 0 Å². The number of nitrogens with zero attached hydrogens (tertiary/aromatic N) is 4. The molecule has 4 rings (SSSR count). The summed E-state index contributed by atoms with van der Waals surface area (Å²) < 4.78 is 9.64. The van der Waals surface area contributed by atoms with Gasteiger partial charge in [-0.3, -0.25) is 9.36 Å². The first-order chi connectivity index (χ1) is 11.8. The van der Waals surface area contributed by atoms with Gasteiger partial charge in [0.25, 0.3) is 5.56 Å².